The van der Waals surface area contributed by atoms with E-state index in [2.05, 4.69) is 6.08 Å². The first-order chi connectivity index (χ1) is 16.3. The number of allylic oxidation sites excluding steroid dienone is 2. The number of aromatic nitrogens is 1. The molecule has 1 amide bonds. The Morgan fingerprint density at radius 1 is 1.15 bits per heavy atom. The van der Waals surface area contributed by atoms with Crippen LogP contribution in [0.5, 0.6) is 0 Å². The minimum absolute atomic E-state index is 0.180. The van der Waals surface area contributed by atoms with E-state index in [1.807, 2.05) is 31.4 Å². The van der Waals surface area contributed by atoms with Gasteiger partial charge in [-0.05, 0) is 94.8 Å². The molecule has 2 aromatic rings. The number of esters is 1. The molecule has 4 rings (SSSR count). The fraction of sp³-hybridized carbons (Fsp3) is 0.357. The van der Waals surface area contributed by atoms with Gasteiger partial charge in [-0.15, -0.1) is 0 Å². The Balaban J connectivity index is 1.69. The highest BCUT2D eigenvalue weighted by Crippen LogP contribution is 2.34. The minimum Gasteiger partial charge on any atom is -0.465 e. The molecule has 1 aromatic carbocycles. The van der Waals surface area contributed by atoms with Crippen LogP contribution < -0.4 is 0 Å². The molecular weight excluding hydrogens is 431 g/mol. The molecule has 1 aromatic heterocycles. The first-order valence-corrected chi connectivity index (χ1v) is 11.8. The van der Waals surface area contributed by atoms with Crippen LogP contribution in [0.1, 0.15) is 56.0 Å². The number of nitrogens with zero attached hydrogens (tertiary/aromatic N) is 2. The van der Waals surface area contributed by atoms with Crippen molar-refractivity contribution < 1.29 is 18.7 Å². The van der Waals surface area contributed by atoms with E-state index in [1.54, 1.807) is 23.1 Å². The van der Waals surface area contributed by atoms with Crippen LogP contribution in [-0.4, -0.2) is 35.0 Å². The summed E-state index contributed by atoms with van der Waals surface area (Å²) in [5.41, 5.74) is 6.19. The molecule has 0 bridgehead atoms. The zero-order valence-corrected chi connectivity index (χ0v) is 20.3. The van der Waals surface area contributed by atoms with Gasteiger partial charge < -0.3 is 14.2 Å². The van der Waals surface area contributed by atoms with Gasteiger partial charge in [-0.25, -0.2) is 9.18 Å². The zero-order chi connectivity index (χ0) is 24.4. The number of rotatable bonds is 6. The van der Waals surface area contributed by atoms with Crippen LogP contribution in [0.2, 0.25) is 0 Å². The average Bonchev–Trinajstić information content (AvgIpc) is 3.24. The number of methoxy groups -OCH3 is 1. The van der Waals surface area contributed by atoms with Crippen LogP contribution in [-0.2, 0) is 14.3 Å². The smallest absolute Gasteiger partial charge is 0.340 e. The van der Waals surface area contributed by atoms with E-state index in [-0.39, 0.29) is 11.7 Å². The highest BCUT2D eigenvalue weighted by Gasteiger charge is 2.37. The molecular formula is C28H31FN2O3. The highest BCUT2D eigenvalue weighted by molar-refractivity contribution is 6.16. The number of aryl methyl sites for hydroxylation is 1. The Labute approximate surface area is 200 Å². The Kier molecular flexibility index (Phi) is 6.87. The number of carbonyl (C=O) groups is 2. The molecule has 34 heavy (non-hydrogen) atoms. The summed E-state index contributed by atoms with van der Waals surface area (Å²) in [7, 11) is 1.33. The molecule has 0 unspecified atom stereocenters. The molecule has 2 heterocycles. The summed E-state index contributed by atoms with van der Waals surface area (Å²) < 4.78 is 20.5. The molecule has 0 fully saturated rings. The monoisotopic (exact) mass is 462 g/mol. The van der Waals surface area contributed by atoms with Crippen LogP contribution in [0.3, 0.4) is 0 Å². The summed E-state index contributed by atoms with van der Waals surface area (Å²) in [4.78, 5) is 27.9. The third kappa shape index (κ3) is 4.49. The van der Waals surface area contributed by atoms with Crippen molar-refractivity contribution in [2.75, 3.05) is 13.7 Å². The van der Waals surface area contributed by atoms with Crippen LogP contribution in [0.4, 0.5) is 4.39 Å². The topological polar surface area (TPSA) is 51.5 Å². The average molecular weight is 463 g/mol. The van der Waals surface area contributed by atoms with Gasteiger partial charge in [-0.1, -0.05) is 11.6 Å². The molecule has 0 saturated heterocycles. The van der Waals surface area contributed by atoms with Gasteiger partial charge in [-0.3, -0.25) is 4.79 Å². The van der Waals surface area contributed by atoms with Crippen molar-refractivity contribution in [1.29, 1.82) is 0 Å². The lowest BCUT2D eigenvalue weighted by Gasteiger charge is -2.20. The summed E-state index contributed by atoms with van der Waals surface area (Å²) in [6.07, 6.45) is 9.46. The second-order valence-corrected chi connectivity index (χ2v) is 8.96. The predicted octanol–water partition coefficient (Wildman–Crippen LogP) is 5.80. The molecule has 1 aliphatic heterocycles. The van der Waals surface area contributed by atoms with Gasteiger partial charge in [0.2, 0.25) is 0 Å². The predicted molar refractivity (Wildman–Crippen MR) is 131 cm³/mol. The van der Waals surface area contributed by atoms with Gasteiger partial charge in [0.05, 0.1) is 18.3 Å². The molecule has 0 N–H and O–H groups in total. The van der Waals surface area contributed by atoms with Gasteiger partial charge in [-0.2, -0.15) is 0 Å². The van der Waals surface area contributed by atoms with Crippen molar-refractivity contribution in [2.24, 2.45) is 0 Å². The van der Waals surface area contributed by atoms with Crippen LogP contribution in [0, 0.1) is 19.7 Å². The molecule has 0 spiro atoms. The number of hydrogen-bond donors (Lipinski definition) is 0. The fourth-order valence-electron chi connectivity index (χ4n) is 4.96. The minimum atomic E-state index is -0.510. The van der Waals surface area contributed by atoms with E-state index >= 15 is 0 Å². The maximum Gasteiger partial charge on any atom is 0.340 e. The van der Waals surface area contributed by atoms with Crippen molar-refractivity contribution in [2.45, 2.75) is 52.9 Å². The lowest BCUT2D eigenvalue weighted by molar-refractivity contribution is -0.136. The zero-order valence-electron chi connectivity index (χ0n) is 20.3. The van der Waals surface area contributed by atoms with Crippen molar-refractivity contribution in [3.8, 4) is 5.69 Å². The summed E-state index contributed by atoms with van der Waals surface area (Å²) in [6.45, 7) is 6.26. The molecule has 1 aliphatic carbocycles. The summed E-state index contributed by atoms with van der Waals surface area (Å²) in [6, 6.07) is 8.26. The van der Waals surface area contributed by atoms with Crippen LogP contribution in [0.25, 0.3) is 11.8 Å². The van der Waals surface area contributed by atoms with Gasteiger partial charge in [0.25, 0.3) is 5.91 Å². The maximum atomic E-state index is 13.5. The van der Waals surface area contributed by atoms with E-state index < -0.39 is 5.97 Å². The fourth-order valence-corrected chi connectivity index (χ4v) is 4.96. The Hall–Kier alpha value is -3.41. The molecule has 2 aliphatic rings. The molecule has 0 radical (unpaired) electrons. The number of amides is 1. The molecule has 0 saturated carbocycles. The van der Waals surface area contributed by atoms with Crippen molar-refractivity contribution >= 4 is 18.0 Å². The summed E-state index contributed by atoms with van der Waals surface area (Å²) in [5.74, 6) is -0.984. The largest absolute Gasteiger partial charge is 0.465 e. The Bertz CT molecular complexity index is 1220. The van der Waals surface area contributed by atoms with Gasteiger partial charge in [0, 0.05) is 29.3 Å². The van der Waals surface area contributed by atoms with Gasteiger partial charge >= 0.3 is 5.97 Å². The summed E-state index contributed by atoms with van der Waals surface area (Å²) in [5, 5.41) is 0. The van der Waals surface area contributed by atoms with Crippen LogP contribution >= 0.6 is 0 Å². The second-order valence-electron chi connectivity index (χ2n) is 8.96. The lowest BCUT2D eigenvalue weighted by Crippen LogP contribution is -2.26. The third-order valence-electron chi connectivity index (χ3n) is 6.80. The van der Waals surface area contributed by atoms with Crippen molar-refractivity contribution in [3.63, 3.8) is 0 Å². The van der Waals surface area contributed by atoms with E-state index in [4.69, 9.17) is 4.74 Å². The Morgan fingerprint density at radius 3 is 2.53 bits per heavy atom. The quantitative estimate of drug-likeness (QED) is 0.310. The molecule has 0 atom stereocenters. The first kappa shape index (κ1) is 23.7. The van der Waals surface area contributed by atoms with Crippen molar-refractivity contribution in [1.82, 2.24) is 9.47 Å². The molecule has 178 valence electrons. The number of benzene rings is 1. The second kappa shape index (κ2) is 9.84. The SMILES string of the molecule is COC(=O)C1=C(C)N(CCC2=CCCCC2)C(=O)C1=Cc1cc(C)n(-c2ccc(F)cc2)c1C. The van der Waals surface area contributed by atoms with E-state index in [1.165, 1.54) is 37.7 Å². The van der Waals surface area contributed by atoms with E-state index in [0.29, 0.717) is 23.4 Å². The van der Waals surface area contributed by atoms with Gasteiger partial charge in [0.15, 0.2) is 0 Å². The van der Waals surface area contributed by atoms with Gasteiger partial charge in [0.1, 0.15) is 5.82 Å². The number of hydrogen-bond acceptors (Lipinski definition) is 3. The Morgan fingerprint density at radius 2 is 1.88 bits per heavy atom. The van der Waals surface area contributed by atoms with E-state index in [9.17, 15) is 14.0 Å². The number of halogens is 1. The third-order valence-corrected chi connectivity index (χ3v) is 6.80. The standard InChI is InChI=1S/C28H31FN2O3/c1-18-16-22(19(2)31(18)24-12-10-23(29)11-13-24)17-25-26(28(33)34-4)20(3)30(27(25)32)15-14-21-8-6-5-7-9-21/h8,10-13,16-17H,5-7,9,14-15H2,1-4H3. The van der Waals surface area contributed by atoms with E-state index in [0.717, 1.165) is 41.9 Å². The maximum absolute atomic E-state index is 13.5. The molecule has 5 nitrogen and oxygen atoms in total. The number of ether oxygens (including phenoxy) is 1. The summed E-state index contributed by atoms with van der Waals surface area (Å²) >= 11 is 0. The lowest BCUT2D eigenvalue weighted by atomic mass is 9.97. The van der Waals surface area contributed by atoms with Crippen molar-refractivity contribution in [3.05, 3.63) is 81.6 Å². The van der Waals surface area contributed by atoms with Crippen LogP contribution in [0.15, 0.2) is 58.8 Å². The molecule has 6 heteroatoms. The normalized spacial score (nSPS) is 17.6. The number of carbonyl (C=O) groups excluding carboxylic acids is 2. The first-order valence-electron chi connectivity index (χ1n) is 11.8. The highest BCUT2D eigenvalue weighted by atomic mass is 19.1.